The maximum absolute atomic E-state index is 12.9. The summed E-state index contributed by atoms with van der Waals surface area (Å²) in [4.78, 5) is 15.7. The number of aromatic hydroxyl groups is 1. The Morgan fingerprint density at radius 2 is 1.67 bits per heavy atom. The molecule has 0 atom stereocenters. The number of phenols is 1. The molecular weight excluding hydrogens is 330 g/mol. The molecule has 0 saturated carbocycles. The van der Waals surface area contributed by atoms with Gasteiger partial charge in [-0.25, -0.2) is 13.2 Å². The molecule has 0 unspecified atom stereocenters. The number of amides is 2. The van der Waals surface area contributed by atoms with Crippen molar-refractivity contribution in [1.82, 2.24) is 0 Å². The lowest BCUT2D eigenvalue weighted by Crippen LogP contribution is -2.49. The molecule has 1 N–H and O–H groups in total. The average Bonchev–Trinajstić information content (AvgIpc) is 2.53. The van der Waals surface area contributed by atoms with Gasteiger partial charge in [0.2, 0.25) is 0 Å². The summed E-state index contributed by atoms with van der Waals surface area (Å²) >= 11 is 0. The molecule has 7 nitrogen and oxygen atoms in total. The first-order chi connectivity index (χ1) is 11.2. The van der Waals surface area contributed by atoms with Gasteiger partial charge >= 0.3 is 6.03 Å². The normalized spacial score (nSPS) is 16.0. The van der Waals surface area contributed by atoms with Crippen molar-refractivity contribution in [2.45, 2.75) is 4.90 Å². The largest absolute Gasteiger partial charge is 0.508 e. The van der Waals surface area contributed by atoms with Crippen LogP contribution in [-0.4, -0.2) is 40.7 Å². The highest BCUT2D eigenvalue weighted by atomic mass is 32.2. The highest BCUT2D eigenvalue weighted by Crippen LogP contribution is 2.38. The van der Waals surface area contributed by atoms with Crippen LogP contribution in [0.1, 0.15) is 0 Å². The SMILES string of the molecule is CN(C)c1ccc(N2C(=O)N(C)c3cc(O)ccc3S2(=O)=O)cc1. The molecule has 24 heavy (non-hydrogen) atoms. The van der Waals surface area contributed by atoms with Crippen LogP contribution in [0.2, 0.25) is 0 Å². The van der Waals surface area contributed by atoms with Gasteiger partial charge in [0, 0.05) is 32.9 Å². The molecule has 2 aromatic carbocycles. The van der Waals surface area contributed by atoms with Crippen LogP contribution in [0.25, 0.3) is 0 Å². The summed E-state index contributed by atoms with van der Waals surface area (Å²) in [5.74, 6) is -0.104. The van der Waals surface area contributed by atoms with Crippen molar-refractivity contribution in [3.8, 4) is 5.75 Å². The fraction of sp³-hybridized carbons (Fsp3) is 0.188. The molecule has 126 valence electrons. The third-order valence-corrected chi connectivity index (χ3v) is 5.63. The fourth-order valence-electron chi connectivity index (χ4n) is 2.56. The van der Waals surface area contributed by atoms with Crippen molar-refractivity contribution in [2.75, 3.05) is 35.2 Å². The molecule has 0 saturated heterocycles. The molecule has 0 spiro atoms. The molecule has 2 aromatic rings. The number of anilines is 3. The number of fused-ring (bicyclic) bond motifs is 1. The molecule has 1 heterocycles. The summed E-state index contributed by atoms with van der Waals surface area (Å²) < 4.78 is 26.5. The smallest absolute Gasteiger partial charge is 0.342 e. The summed E-state index contributed by atoms with van der Waals surface area (Å²) in [6.07, 6.45) is 0. The number of nitrogens with zero attached hydrogens (tertiary/aromatic N) is 3. The lowest BCUT2D eigenvalue weighted by Gasteiger charge is -2.34. The van der Waals surface area contributed by atoms with Crippen molar-refractivity contribution >= 4 is 33.1 Å². The van der Waals surface area contributed by atoms with E-state index < -0.39 is 16.1 Å². The van der Waals surface area contributed by atoms with Gasteiger partial charge in [-0.3, -0.25) is 4.90 Å². The van der Waals surface area contributed by atoms with Gasteiger partial charge in [-0.15, -0.1) is 0 Å². The van der Waals surface area contributed by atoms with Gasteiger partial charge in [-0.1, -0.05) is 0 Å². The van der Waals surface area contributed by atoms with Gasteiger partial charge in [0.25, 0.3) is 10.0 Å². The molecule has 0 aliphatic carbocycles. The van der Waals surface area contributed by atoms with E-state index in [1.54, 1.807) is 24.3 Å². The number of carbonyl (C=O) groups excluding carboxylic acids is 1. The van der Waals surface area contributed by atoms with Crippen molar-refractivity contribution < 1.29 is 18.3 Å². The number of hydrogen-bond donors (Lipinski definition) is 1. The molecular formula is C16H17N3O4S. The zero-order chi connectivity index (χ0) is 17.6. The summed E-state index contributed by atoms with van der Waals surface area (Å²) in [6.45, 7) is 0. The topological polar surface area (TPSA) is 81.2 Å². The Bertz CT molecular complexity index is 907. The lowest BCUT2D eigenvalue weighted by molar-refractivity contribution is 0.255. The molecule has 8 heteroatoms. The Hall–Kier alpha value is -2.74. The van der Waals surface area contributed by atoms with Gasteiger partial charge in [0.15, 0.2) is 0 Å². The van der Waals surface area contributed by atoms with Crippen LogP contribution in [0.5, 0.6) is 5.75 Å². The van der Waals surface area contributed by atoms with Crippen molar-refractivity contribution in [3.63, 3.8) is 0 Å². The number of hydrogen-bond acceptors (Lipinski definition) is 5. The van der Waals surface area contributed by atoms with E-state index in [1.165, 1.54) is 30.1 Å². The van der Waals surface area contributed by atoms with E-state index in [0.717, 1.165) is 9.99 Å². The van der Waals surface area contributed by atoms with E-state index >= 15 is 0 Å². The molecule has 0 bridgehead atoms. The predicted molar refractivity (Wildman–Crippen MR) is 92.3 cm³/mol. The molecule has 0 aromatic heterocycles. The molecule has 2 amide bonds. The number of urea groups is 1. The number of phenolic OH excluding ortho intramolecular Hbond substituents is 1. The van der Waals surface area contributed by atoms with Crippen molar-refractivity contribution in [3.05, 3.63) is 42.5 Å². The Kier molecular flexibility index (Phi) is 3.64. The average molecular weight is 347 g/mol. The van der Waals surface area contributed by atoms with Gasteiger partial charge < -0.3 is 10.0 Å². The van der Waals surface area contributed by atoms with Crippen LogP contribution in [-0.2, 0) is 10.0 Å². The second-order valence-electron chi connectivity index (χ2n) is 5.67. The molecule has 1 aliphatic rings. The fourth-order valence-corrected chi connectivity index (χ4v) is 4.19. The number of benzene rings is 2. The minimum Gasteiger partial charge on any atom is -0.508 e. The quantitative estimate of drug-likeness (QED) is 0.901. The van der Waals surface area contributed by atoms with Crippen molar-refractivity contribution in [1.29, 1.82) is 0 Å². The third kappa shape index (κ3) is 2.35. The third-order valence-electron chi connectivity index (χ3n) is 3.88. The highest BCUT2D eigenvalue weighted by Gasteiger charge is 2.41. The Morgan fingerprint density at radius 3 is 2.25 bits per heavy atom. The Morgan fingerprint density at radius 1 is 1.04 bits per heavy atom. The van der Waals surface area contributed by atoms with E-state index in [4.69, 9.17) is 0 Å². The monoisotopic (exact) mass is 347 g/mol. The number of carbonyl (C=O) groups is 1. The van der Waals surface area contributed by atoms with Crippen LogP contribution in [0, 0.1) is 0 Å². The summed E-state index contributed by atoms with van der Waals surface area (Å²) in [7, 11) is 1.16. The van der Waals surface area contributed by atoms with Gasteiger partial charge in [0.1, 0.15) is 10.6 Å². The minimum absolute atomic E-state index is 0.0286. The highest BCUT2D eigenvalue weighted by molar-refractivity contribution is 7.94. The first kappa shape index (κ1) is 16.1. The first-order valence-electron chi connectivity index (χ1n) is 7.17. The zero-order valence-corrected chi connectivity index (χ0v) is 14.3. The molecule has 1 aliphatic heterocycles. The first-order valence-corrected chi connectivity index (χ1v) is 8.61. The maximum atomic E-state index is 12.9. The van der Waals surface area contributed by atoms with Crippen LogP contribution >= 0.6 is 0 Å². The van der Waals surface area contributed by atoms with Crippen LogP contribution in [0.3, 0.4) is 0 Å². The van der Waals surface area contributed by atoms with E-state index in [-0.39, 0.29) is 22.0 Å². The molecule has 3 rings (SSSR count). The minimum atomic E-state index is -4.05. The summed E-state index contributed by atoms with van der Waals surface area (Å²) in [5, 5.41) is 9.58. The summed E-state index contributed by atoms with van der Waals surface area (Å²) in [6, 6.07) is 9.79. The Balaban J connectivity index is 2.15. The van der Waals surface area contributed by atoms with E-state index in [2.05, 4.69) is 0 Å². The zero-order valence-electron chi connectivity index (χ0n) is 13.5. The number of sulfonamides is 1. The van der Waals surface area contributed by atoms with Gasteiger partial charge in [-0.05, 0) is 36.4 Å². The molecule has 0 radical (unpaired) electrons. The summed E-state index contributed by atoms with van der Waals surface area (Å²) in [5.41, 5.74) is 1.30. The van der Waals surface area contributed by atoms with Crippen LogP contribution in [0.4, 0.5) is 21.9 Å². The van der Waals surface area contributed by atoms with E-state index in [1.807, 2.05) is 19.0 Å². The Labute approximate surface area is 140 Å². The standard InChI is InChI=1S/C16H17N3O4S/c1-17(2)11-4-6-12(7-5-11)19-16(21)18(3)14-10-13(20)8-9-15(14)24(19,22)23/h4-10,20H,1-3H3. The van der Waals surface area contributed by atoms with Crippen molar-refractivity contribution in [2.24, 2.45) is 0 Å². The van der Waals surface area contributed by atoms with E-state index in [9.17, 15) is 18.3 Å². The predicted octanol–water partition coefficient (Wildman–Crippen LogP) is 2.22. The lowest BCUT2D eigenvalue weighted by atomic mass is 10.2. The second kappa shape index (κ2) is 5.41. The van der Waals surface area contributed by atoms with Gasteiger partial charge in [0.05, 0.1) is 11.4 Å². The van der Waals surface area contributed by atoms with Crippen LogP contribution in [0.15, 0.2) is 47.4 Å². The van der Waals surface area contributed by atoms with Crippen LogP contribution < -0.4 is 14.1 Å². The maximum Gasteiger partial charge on any atom is 0.342 e. The van der Waals surface area contributed by atoms with Gasteiger partial charge in [-0.2, -0.15) is 4.31 Å². The second-order valence-corrected chi connectivity index (χ2v) is 7.43. The molecule has 0 fully saturated rings. The number of rotatable bonds is 2. The van der Waals surface area contributed by atoms with E-state index in [0.29, 0.717) is 0 Å².